The molecule has 8 nitrogen and oxygen atoms in total. The van der Waals surface area contributed by atoms with Crippen molar-refractivity contribution in [3.8, 4) is 11.3 Å². The molecule has 9 heteroatoms. The second-order valence-electron chi connectivity index (χ2n) is 6.18. The third-order valence-corrected chi connectivity index (χ3v) is 4.79. The number of nitrogens with zero attached hydrogens (tertiary/aromatic N) is 4. The molecule has 4 rings (SSSR count). The Morgan fingerprint density at radius 3 is 2.73 bits per heavy atom. The van der Waals surface area contributed by atoms with Crippen LogP contribution in [0.3, 0.4) is 0 Å². The third-order valence-electron chi connectivity index (χ3n) is 4.58. The topological polar surface area (TPSA) is 114 Å². The monoisotopic (exact) mass is 376 g/mol. The molecule has 0 amide bonds. The maximum atomic E-state index is 10.4. The fraction of sp³-hybridized carbons (Fsp3) is 0.353. The van der Waals surface area contributed by atoms with Crippen LogP contribution in [0.5, 0.6) is 0 Å². The highest BCUT2D eigenvalue weighted by atomic mass is 35.5. The van der Waals surface area contributed by atoms with Crippen molar-refractivity contribution in [2.45, 2.75) is 31.5 Å². The molecule has 3 aromatic heterocycles. The second-order valence-corrected chi connectivity index (χ2v) is 6.57. The van der Waals surface area contributed by atoms with Crippen molar-refractivity contribution in [2.24, 2.45) is 0 Å². The predicted molar refractivity (Wildman–Crippen MR) is 93.5 cm³/mol. The van der Waals surface area contributed by atoms with E-state index in [2.05, 4.69) is 15.0 Å². The smallest absolute Gasteiger partial charge is 0.164 e. The normalized spacial score (nSPS) is 25.9. The van der Waals surface area contributed by atoms with E-state index >= 15 is 0 Å². The van der Waals surface area contributed by atoms with Gasteiger partial charge in [-0.3, -0.25) is 0 Å². The van der Waals surface area contributed by atoms with Crippen LogP contribution in [0.4, 0.5) is 0 Å². The quantitative estimate of drug-likeness (QED) is 0.586. The Labute approximate surface area is 153 Å². The van der Waals surface area contributed by atoms with Gasteiger partial charge in [-0.05, 0) is 19.1 Å². The first-order valence-electron chi connectivity index (χ1n) is 8.08. The van der Waals surface area contributed by atoms with Crippen LogP contribution in [0.15, 0.2) is 30.7 Å². The largest absolute Gasteiger partial charge is 0.394 e. The van der Waals surface area contributed by atoms with Crippen LogP contribution in [-0.2, 0) is 4.74 Å². The van der Waals surface area contributed by atoms with Crippen LogP contribution in [-0.4, -0.2) is 59.8 Å². The van der Waals surface area contributed by atoms with Gasteiger partial charge in [0.2, 0.25) is 0 Å². The molecule has 0 spiro atoms. The van der Waals surface area contributed by atoms with E-state index in [0.717, 1.165) is 16.6 Å². The Kier molecular flexibility index (Phi) is 4.37. The highest BCUT2D eigenvalue weighted by molar-refractivity contribution is 6.29. The van der Waals surface area contributed by atoms with E-state index in [4.69, 9.17) is 16.3 Å². The van der Waals surface area contributed by atoms with E-state index in [0.29, 0.717) is 16.5 Å². The lowest BCUT2D eigenvalue weighted by molar-refractivity contribution is -0.0508. The zero-order valence-electron chi connectivity index (χ0n) is 13.8. The van der Waals surface area contributed by atoms with Crippen molar-refractivity contribution in [1.82, 2.24) is 19.5 Å². The molecule has 0 aliphatic carbocycles. The minimum atomic E-state index is -1.21. The molecule has 3 aromatic rings. The first-order chi connectivity index (χ1) is 12.5. The summed E-state index contributed by atoms with van der Waals surface area (Å²) in [6.45, 7) is 1.45. The van der Waals surface area contributed by atoms with Crippen molar-refractivity contribution in [2.75, 3.05) is 6.61 Å². The summed E-state index contributed by atoms with van der Waals surface area (Å²) in [6.07, 6.45) is -1.01. The number of hydrogen-bond acceptors (Lipinski definition) is 7. The lowest BCUT2D eigenvalue weighted by Gasteiger charge is -2.17. The number of aromatic nitrogens is 4. The zero-order valence-corrected chi connectivity index (χ0v) is 14.6. The van der Waals surface area contributed by atoms with Gasteiger partial charge in [-0.25, -0.2) is 15.0 Å². The molecule has 0 aromatic carbocycles. The zero-order chi connectivity index (χ0) is 18.4. The Balaban J connectivity index is 1.91. The molecule has 1 saturated heterocycles. The Morgan fingerprint density at radius 2 is 2.04 bits per heavy atom. The van der Waals surface area contributed by atoms with Gasteiger partial charge in [0.25, 0.3) is 0 Å². The number of ether oxygens (including phenoxy) is 1. The van der Waals surface area contributed by atoms with Crippen LogP contribution in [0.25, 0.3) is 22.3 Å². The summed E-state index contributed by atoms with van der Waals surface area (Å²) in [5, 5.41) is 30.9. The number of fused-ring (bicyclic) bond motifs is 1. The molecule has 1 aliphatic heterocycles. The molecule has 0 saturated carbocycles. The van der Waals surface area contributed by atoms with Gasteiger partial charge in [0.05, 0.1) is 18.0 Å². The number of hydrogen-bond donors (Lipinski definition) is 3. The van der Waals surface area contributed by atoms with Crippen LogP contribution in [0.2, 0.25) is 5.15 Å². The SMILES string of the molecule is Cc1ncnc2c1c(-c1cccc(Cl)n1)cn2[C@@H]1O[C@H](CO)[C@@H](O)[C@H]1O. The van der Waals surface area contributed by atoms with Crippen LogP contribution >= 0.6 is 11.6 Å². The van der Waals surface area contributed by atoms with E-state index in [1.165, 1.54) is 6.33 Å². The minimum absolute atomic E-state index is 0.353. The maximum absolute atomic E-state index is 10.4. The number of aliphatic hydroxyl groups is 3. The van der Waals surface area contributed by atoms with Crippen molar-refractivity contribution < 1.29 is 20.1 Å². The molecule has 0 radical (unpaired) electrons. The Hall–Kier alpha value is -2.10. The molecule has 3 N–H and O–H groups in total. The summed E-state index contributed by atoms with van der Waals surface area (Å²) in [7, 11) is 0. The molecule has 0 unspecified atom stereocenters. The van der Waals surface area contributed by atoms with E-state index in [9.17, 15) is 15.3 Å². The van der Waals surface area contributed by atoms with Crippen molar-refractivity contribution in [3.63, 3.8) is 0 Å². The second kappa shape index (κ2) is 6.57. The predicted octanol–water partition coefficient (Wildman–Crippen LogP) is 1.07. The molecule has 1 fully saturated rings. The number of aryl methyl sites for hydroxylation is 1. The first-order valence-corrected chi connectivity index (χ1v) is 8.46. The highest BCUT2D eigenvalue weighted by Gasteiger charge is 2.44. The van der Waals surface area contributed by atoms with Crippen LogP contribution in [0, 0.1) is 6.92 Å². The standard InChI is InChI=1S/C17H17ClN4O4/c1-8-13-9(10-3-2-4-12(18)21-10)5-22(16(13)20-7-19-8)17-15(25)14(24)11(6-23)26-17/h2-5,7,11,14-15,17,23-25H,6H2,1H3/t11-,14-,15-,17-/m1/s1. The average Bonchev–Trinajstić information content (AvgIpc) is 3.15. The Morgan fingerprint density at radius 1 is 1.23 bits per heavy atom. The average molecular weight is 377 g/mol. The maximum Gasteiger partial charge on any atom is 0.164 e. The van der Waals surface area contributed by atoms with E-state index in [1.807, 2.05) is 13.0 Å². The van der Waals surface area contributed by atoms with Crippen LogP contribution in [0.1, 0.15) is 11.9 Å². The summed E-state index contributed by atoms with van der Waals surface area (Å²) in [6, 6.07) is 5.29. The number of pyridine rings is 1. The molecule has 26 heavy (non-hydrogen) atoms. The van der Waals surface area contributed by atoms with Gasteiger partial charge >= 0.3 is 0 Å². The number of rotatable bonds is 3. The molecular formula is C17H17ClN4O4. The first kappa shape index (κ1) is 17.3. The molecule has 4 heterocycles. The van der Waals surface area contributed by atoms with Crippen molar-refractivity contribution in [1.29, 1.82) is 0 Å². The summed E-state index contributed by atoms with van der Waals surface area (Å²) in [5.74, 6) is 0. The number of halogens is 1. The van der Waals surface area contributed by atoms with Gasteiger partial charge in [0, 0.05) is 17.1 Å². The summed E-state index contributed by atoms with van der Waals surface area (Å²) in [5.41, 5.74) is 2.63. The van der Waals surface area contributed by atoms with Gasteiger partial charge < -0.3 is 24.6 Å². The summed E-state index contributed by atoms with van der Waals surface area (Å²) in [4.78, 5) is 12.9. The van der Waals surface area contributed by atoms with E-state index in [-0.39, 0.29) is 0 Å². The molecule has 4 atom stereocenters. The minimum Gasteiger partial charge on any atom is -0.394 e. The third kappa shape index (κ3) is 2.67. The molecule has 136 valence electrons. The van der Waals surface area contributed by atoms with Crippen molar-refractivity contribution in [3.05, 3.63) is 41.6 Å². The van der Waals surface area contributed by atoms with E-state index in [1.54, 1.807) is 22.9 Å². The van der Waals surface area contributed by atoms with E-state index < -0.39 is 31.1 Å². The molecular weight excluding hydrogens is 360 g/mol. The Bertz CT molecular complexity index is 963. The lowest BCUT2D eigenvalue weighted by Crippen LogP contribution is -2.33. The molecule has 0 bridgehead atoms. The summed E-state index contributed by atoms with van der Waals surface area (Å²) < 4.78 is 7.28. The van der Waals surface area contributed by atoms with Gasteiger partial charge in [-0.1, -0.05) is 17.7 Å². The van der Waals surface area contributed by atoms with Gasteiger partial charge in [-0.15, -0.1) is 0 Å². The fourth-order valence-corrected chi connectivity index (χ4v) is 3.46. The van der Waals surface area contributed by atoms with Gasteiger partial charge in [0.1, 0.15) is 35.4 Å². The lowest BCUT2D eigenvalue weighted by atomic mass is 10.1. The van der Waals surface area contributed by atoms with Gasteiger partial charge in [-0.2, -0.15) is 0 Å². The van der Waals surface area contributed by atoms with Gasteiger partial charge in [0.15, 0.2) is 6.23 Å². The molecule has 1 aliphatic rings. The highest BCUT2D eigenvalue weighted by Crippen LogP contribution is 2.37. The number of aliphatic hydroxyl groups excluding tert-OH is 3. The van der Waals surface area contributed by atoms with Crippen LogP contribution < -0.4 is 0 Å². The summed E-state index contributed by atoms with van der Waals surface area (Å²) >= 11 is 6.03. The van der Waals surface area contributed by atoms with Crippen molar-refractivity contribution >= 4 is 22.6 Å². The fourth-order valence-electron chi connectivity index (χ4n) is 3.29.